The van der Waals surface area contributed by atoms with E-state index in [9.17, 15) is 4.79 Å². The van der Waals surface area contributed by atoms with Gasteiger partial charge in [0.05, 0.1) is 6.54 Å². The molecule has 0 aliphatic heterocycles. The van der Waals surface area contributed by atoms with Gasteiger partial charge in [0.25, 0.3) is 0 Å². The highest BCUT2D eigenvalue weighted by Gasteiger charge is 2.36. The van der Waals surface area contributed by atoms with Gasteiger partial charge in [-0.3, -0.25) is 4.79 Å². The second kappa shape index (κ2) is 5.67. The molecule has 1 saturated carbocycles. The molecule has 3 nitrogen and oxygen atoms in total. The lowest BCUT2D eigenvalue weighted by molar-refractivity contribution is -0.116. The van der Waals surface area contributed by atoms with Gasteiger partial charge in [-0.05, 0) is 42.0 Å². The predicted octanol–water partition coefficient (Wildman–Crippen LogP) is 3.79. The third-order valence-electron chi connectivity index (χ3n) is 3.54. The van der Waals surface area contributed by atoms with Crippen LogP contribution in [0.5, 0.6) is 0 Å². The monoisotopic (exact) mass is 287 g/mol. The lowest BCUT2D eigenvalue weighted by Crippen LogP contribution is -2.19. The van der Waals surface area contributed by atoms with Crippen LogP contribution in [0.15, 0.2) is 40.1 Å². The molecule has 2 aromatic rings. The molecule has 0 bridgehead atoms. The molecular weight excluding hydrogens is 270 g/mol. The van der Waals surface area contributed by atoms with Crippen molar-refractivity contribution in [3.05, 3.63) is 52.1 Å². The Balaban J connectivity index is 1.51. The Hall–Kier alpha value is -1.81. The fourth-order valence-corrected chi connectivity index (χ4v) is 2.82. The molecule has 0 saturated heterocycles. The van der Waals surface area contributed by atoms with Crippen molar-refractivity contribution < 1.29 is 9.21 Å². The number of amides is 1. The molecule has 4 heteroatoms. The van der Waals surface area contributed by atoms with Gasteiger partial charge in [0.1, 0.15) is 11.5 Å². The van der Waals surface area contributed by atoms with Gasteiger partial charge >= 0.3 is 0 Å². The Morgan fingerprint density at radius 2 is 2.35 bits per heavy atom. The summed E-state index contributed by atoms with van der Waals surface area (Å²) in [5, 5.41) is 4.85. The first-order valence-electron chi connectivity index (χ1n) is 6.80. The van der Waals surface area contributed by atoms with Gasteiger partial charge in [-0.25, -0.2) is 0 Å². The van der Waals surface area contributed by atoms with Crippen LogP contribution in [0.25, 0.3) is 6.08 Å². The van der Waals surface area contributed by atoms with E-state index in [2.05, 4.69) is 12.2 Å². The third-order valence-corrected chi connectivity index (χ3v) is 4.41. The fourth-order valence-electron chi connectivity index (χ4n) is 2.18. The summed E-state index contributed by atoms with van der Waals surface area (Å²) < 4.78 is 5.71. The van der Waals surface area contributed by atoms with E-state index in [1.54, 1.807) is 17.4 Å². The van der Waals surface area contributed by atoms with Crippen LogP contribution in [0.3, 0.4) is 0 Å². The summed E-state index contributed by atoms with van der Waals surface area (Å²) in [6.07, 6.45) is 4.45. The Bertz CT molecular complexity index is 612. The predicted molar refractivity (Wildman–Crippen MR) is 80.4 cm³/mol. The largest absolute Gasteiger partial charge is 0.461 e. The summed E-state index contributed by atoms with van der Waals surface area (Å²) in [4.78, 5) is 12.8. The van der Waals surface area contributed by atoms with Gasteiger partial charge in [-0.1, -0.05) is 13.0 Å². The van der Waals surface area contributed by atoms with Crippen LogP contribution < -0.4 is 5.32 Å². The van der Waals surface area contributed by atoms with Gasteiger partial charge in [0.2, 0.25) is 5.91 Å². The van der Waals surface area contributed by atoms with E-state index in [1.165, 1.54) is 12.5 Å². The van der Waals surface area contributed by atoms with Crippen molar-refractivity contribution in [2.24, 2.45) is 5.92 Å². The molecule has 1 aliphatic rings. The topological polar surface area (TPSA) is 42.2 Å². The SMILES string of the molecule is CC1CC1c1ccc(C=CC(=O)NCc2cccs2)o1. The second-order valence-corrected chi connectivity index (χ2v) is 6.22. The van der Waals surface area contributed by atoms with Gasteiger partial charge in [-0.15, -0.1) is 11.3 Å². The average Bonchev–Trinajstić information content (AvgIpc) is 2.92. The smallest absolute Gasteiger partial charge is 0.244 e. The van der Waals surface area contributed by atoms with E-state index >= 15 is 0 Å². The molecule has 1 fully saturated rings. The Kier molecular flexibility index (Phi) is 3.74. The van der Waals surface area contributed by atoms with Crippen molar-refractivity contribution >= 4 is 23.3 Å². The first-order valence-corrected chi connectivity index (χ1v) is 7.68. The highest BCUT2D eigenvalue weighted by molar-refractivity contribution is 7.09. The highest BCUT2D eigenvalue weighted by Crippen LogP contribution is 2.47. The van der Waals surface area contributed by atoms with Crippen molar-refractivity contribution in [3.8, 4) is 0 Å². The minimum atomic E-state index is -0.101. The summed E-state index contributed by atoms with van der Waals surface area (Å²) in [7, 11) is 0. The Labute approximate surface area is 122 Å². The van der Waals surface area contributed by atoms with Crippen molar-refractivity contribution in [2.45, 2.75) is 25.8 Å². The maximum Gasteiger partial charge on any atom is 0.244 e. The summed E-state index contributed by atoms with van der Waals surface area (Å²) in [6.45, 7) is 2.80. The summed E-state index contributed by atoms with van der Waals surface area (Å²) >= 11 is 1.64. The van der Waals surface area contributed by atoms with E-state index in [4.69, 9.17) is 4.42 Å². The van der Waals surface area contributed by atoms with Crippen LogP contribution in [0.4, 0.5) is 0 Å². The van der Waals surface area contributed by atoms with E-state index < -0.39 is 0 Å². The summed E-state index contributed by atoms with van der Waals surface area (Å²) in [6, 6.07) is 7.91. The number of hydrogen-bond acceptors (Lipinski definition) is 3. The molecule has 2 atom stereocenters. The van der Waals surface area contributed by atoms with E-state index in [-0.39, 0.29) is 5.91 Å². The first-order chi connectivity index (χ1) is 9.72. The molecule has 1 N–H and O–H groups in total. The van der Waals surface area contributed by atoms with Crippen LogP contribution in [0.2, 0.25) is 0 Å². The number of carbonyl (C=O) groups is 1. The van der Waals surface area contributed by atoms with Crippen molar-refractivity contribution in [1.29, 1.82) is 0 Å². The maximum absolute atomic E-state index is 11.7. The van der Waals surface area contributed by atoms with Crippen LogP contribution >= 0.6 is 11.3 Å². The molecule has 104 valence electrons. The Morgan fingerprint density at radius 1 is 1.50 bits per heavy atom. The molecule has 20 heavy (non-hydrogen) atoms. The molecule has 0 spiro atoms. The van der Waals surface area contributed by atoms with Gasteiger partial charge in [-0.2, -0.15) is 0 Å². The molecule has 1 aliphatic carbocycles. The van der Waals surface area contributed by atoms with Crippen molar-refractivity contribution in [2.75, 3.05) is 0 Å². The lowest BCUT2D eigenvalue weighted by atomic mass is 10.3. The van der Waals surface area contributed by atoms with E-state index in [0.29, 0.717) is 12.5 Å². The van der Waals surface area contributed by atoms with Gasteiger partial charge in [0.15, 0.2) is 0 Å². The normalized spacial score (nSPS) is 21.2. The van der Waals surface area contributed by atoms with Crippen LogP contribution in [0.1, 0.15) is 35.7 Å². The van der Waals surface area contributed by atoms with Gasteiger partial charge < -0.3 is 9.73 Å². The van der Waals surface area contributed by atoms with Gasteiger partial charge in [0, 0.05) is 16.9 Å². The van der Waals surface area contributed by atoms with Crippen LogP contribution in [-0.4, -0.2) is 5.91 Å². The number of hydrogen-bond donors (Lipinski definition) is 1. The zero-order valence-corrected chi connectivity index (χ0v) is 12.2. The highest BCUT2D eigenvalue weighted by atomic mass is 32.1. The quantitative estimate of drug-likeness (QED) is 0.850. The minimum absolute atomic E-state index is 0.101. The maximum atomic E-state index is 11.7. The number of nitrogens with one attached hydrogen (secondary N) is 1. The lowest BCUT2D eigenvalue weighted by Gasteiger charge is -1.98. The standard InChI is InChI=1S/C16H17NO2S/c1-11-9-14(11)15-6-4-12(19-15)5-7-16(18)17-10-13-3-2-8-20-13/h2-8,11,14H,9-10H2,1H3,(H,17,18). The molecule has 0 radical (unpaired) electrons. The number of rotatable bonds is 5. The third kappa shape index (κ3) is 3.20. The minimum Gasteiger partial charge on any atom is -0.461 e. The zero-order chi connectivity index (χ0) is 13.9. The van der Waals surface area contributed by atoms with Crippen LogP contribution in [0, 0.1) is 5.92 Å². The molecule has 2 heterocycles. The van der Waals surface area contributed by atoms with E-state index in [0.717, 1.165) is 22.3 Å². The van der Waals surface area contributed by atoms with Crippen LogP contribution in [-0.2, 0) is 11.3 Å². The first kappa shape index (κ1) is 13.2. The molecule has 2 aromatic heterocycles. The average molecular weight is 287 g/mol. The summed E-state index contributed by atoms with van der Waals surface area (Å²) in [5.74, 6) is 2.98. The van der Waals surface area contributed by atoms with Crippen molar-refractivity contribution in [3.63, 3.8) is 0 Å². The Morgan fingerprint density at radius 3 is 3.05 bits per heavy atom. The molecule has 2 unspecified atom stereocenters. The zero-order valence-electron chi connectivity index (χ0n) is 11.3. The molecule has 3 rings (SSSR count). The number of furan rings is 1. The molecule has 0 aromatic carbocycles. The second-order valence-electron chi connectivity index (χ2n) is 5.19. The van der Waals surface area contributed by atoms with E-state index in [1.807, 2.05) is 29.6 Å². The number of carbonyl (C=O) groups excluding carboxylic acids is 1. The number of thiophene rings is 1. The summed E-state index contributed by atoms with van der Waals surface area (Å²) in [5.41, 5.74) is 0. The van der Waals surface area contributed by atoms with Crippen molar-refractivity contribution in [1.82, 2.24) is 5.32 Å². The molecular formula is C16H17NO2S. The molecule has 1 amide bonds. The fraction of sp³-hybridized carbons (Fsp3) is 0.312.